The number of cyclic esters (lactones) is 1. The maximum atomic E-state index is 12.3. The highest BCUT2D eigenvalue weighted by molar-refractivity contribution is 6.30. The lowest BCUT2D eigenvalue weighted by Gasteiger charge is -2.03. The summed E-state index contributed by atoms with van der Waals surface area (Å²) in [5, 5.41) is 20.1. The Morgan fingerprint density at radius 2 is 1.41 bits per heavy atom. The molecule has 1 N–H and O–H groups in total. The Morgan fingerprint density at radius 1 is 0.862 bits per heavy atom. The molecule has 0 radical (unpaired) electrons. The molecule has 1 aliphatic heterocycles. The number of hydrogen-bond donors (Lipinski definition) is 1. The van der Waals surface area contributed by atoms with Crippen molar-refractivity contribution in [3.05, 3.63) is 106 Å². The highest BCUT2D eigenvalue weighted by atomic mass is 35.5. The number of halogens is 1. The second kappa shape index (κ2) is 7.67. The lowest BCUT2D eigenvalue weighted by Crippen LogP contribution is -1.98. The largest absolute Gasteiger partial charge is 0.504 e. The minimum atomic E-state index is -0.628. The van der Waals surface area contributed by atoms with Crippen LogP contribution in [0.4, 0.5) is 0 Å². The van der Waals surface area contributed by atoms with Gasteiger partial charge >= 0.3 is 5.97 Å². The standard InChI is InChI=1S/C24H14ClNO3/c25-20-11-9-18(10-12-20)17-5-1-15(2-6-17)13-21-23(27)22(24(28)29-21)19-7-3-16(14-26)4-8-19/h1-13,27H. The molecule has 4 nitrogen and oxygen atoms in total. The van der Waals surface area contributed by atoms with Gasteiger partial charge < -0.3 is 9.84 Å². The second-order valence-electron chi connectivity index (χ2n) is 6.44. The number of carbonyl (C=O) groups excluding carboxylic acids is 1. The van der Waals surface area contributed by atoms with Crippen molar-refractivity contribution in [2.24, 2.45) is 0 Å². The van der Waals surface area contributed by atoms with Crippen molar-refractivity contribution >= 4 is 29.2 Å². The van der Waals surface area contributed by atoms with E-state index in [0.29, 0.717) is 16.1 Å². The number of rotatable bonds is 3. The summed E-state index contributed by atoms with van der Waals surface area (Å²) in [6.07, 6.45) is 1.61. The van der Waals surface area contributed by atoms with E-state index in [1.54, 1.807) is 30.3 Å². The van der Waals surface area contributed by atoms with E-state index in [0.717, 1.165) is 16.7 Å². The fraction of sp³-hybridized carbons (Fsp3) is 0. The summed E-state index contributed by atoms with van der Waals surface area (Å²) in [6.45, 7) is 0. The van der Waals surface area contributed by atoms with E-state index in [-0.39, 0.29) is 17.1 Å². The molecule has 140 valence electrons. The quantitative estimate of drug-likeness (QED) is 0.569. The number of benzene rings is 3. The van der Waals surface area contributed by atoms with Crippen LogP contribution in [0.15, 0.2) is 84.3 Å². The van der Waals surface area contributed by atoms with Gasteiger partial charge in [0.25, 0.3) is 0 Å². The third-order valence-corrected chi connectivity index (χ3v) is 4.82. The average molecular weight is 400 g/mol. The zero-order chi connectivity index (χ0) is 20.4. The molecule has 1 heterocycles. The van der Waals surface area contributed by atoms with E-state index in [9.17, 15) is 9.90 Å². The number of ether oxygens (including phenoxy) is 1. The molecule has 0 spiro atoms. The van der Waals surface area contributed by atoms with Gasteiger partial charge in [-0.25, -0.2) is 4.79 Å². The second-order valence-corrected chi connectivity index (χ2v) is 6.88. The summed E-state index contributed by atoms with van der Waals surface area (Å²) in [6, 6.07) is 23.6. The maximum absolute atomic E-state index is 12.3. The fourth-order valence-corrected chi connectivity index (χ4v) is 3.17. The van der Waals surface area contributed by atoms with Crippen LogP contribution in [-0.2, 0) is 9.53 Å². The monoisotopic (exact) mass is 399 g/mol. The first kappa shape index (κ1) is 18.5. The van der Waals surface area contributed by atoms with Crippen molar-refractivity contribution in [1.82, 2.24) is 0 Å². The Kier molecular flexibility index (Phi) is 4.90. The molecular weight excluding hydrogens is 386 g/mol. The number of carbonyl (C=O) groups is 1. The topological polar surface area (TPSA) is 70.3 Å². The van der Waals surface area contributed by atoms with Crippen LogP contribution in [0.1, 0.15) is 16.7 Å². The molecule has 0 bridgehead atoms. The SMILES string of the molecule is N#Cc1ccc(C2=C(O)C(=Cc3ccc(-c4ccc(Cl)cc4)cc3)OC2=O)cc1. The molecule has 0 aromatic heterocycles. The Balaban J connectivity index is 1.62. The van der Waals surface area contributed by atoms with Gasteiger partial charge in [0.2, 0.25) is 0 Å². The molecule has 0 saturated heterocycles. The number of esters is 1. The first-order chi connectivity index (χ1) is 14.0. The molecule has 29 heavy (non-hydrogen) atoms. The Hall–Kier alpha value is -3.81. The van der Waals surface area contributed by atoms with Crippen molar-refractivity contribution in [3.8, 4) is 17.2 Å². The Morgan fingerprint density at radius 3 is 2.00 bits per heavy atom. The van der Waals surface area contributed by atoms with Crippen LogP contribution in [0, 0.1) is 11.3 Å². The fourth-order valence-electron chi connectivity index (χ4n) is 3.05. The van der Waals surface area contributed by atoms with Gasteiger partial charge in [-0.2, -0.15) is 5.26 Å². The molecule has 0 amide bonds. The molecule has 4 rings (SSSR count). The molecule has 0 fully saturated rings. The highest BCUT2D eigenvalue weighted by Crippen LogP contribution is 2.33. The Labute approximate surface area is 172 Å². The number of aliphatic hydroxyl groups is 1. The molecule has 0 aliphatic carbocycles. The minimum absolute atomic E-state index is 0.0820. The molecule has 3 aromatic carbocycles. The summed E-state index contributed by atoms with van der Waals surface area (Å²) < 4.78 is 5.25. The molecule has 0 saturated carbocycles. The van der Waals surface area contributed by atoms with Crippen molar-refractivity contribution in [3.63, 3.8) is 0 Å². The van der Waals surface area contributed by atoms with Gasteiger partial charge in [0.05, 0.1) is 11.6 Å². The van der Waals surface area contributed by atoms with Gasteiger partial charge in [-0.15, -0.1) is 0 Å². The van der Waals surface area contributed by atoms with Gasteiger partial charge in [0.15, 0.2) is 11.5 Å². The van der Waals surface area contributed by atoms with Gasteiger partial charge in [-0.3, -0.25) is 0 Å². The summed E-state index contributed by atoms with van der Waals surface area (Å²) in [5.41, 5.74) is 3.87. The highest BCUT2D eigenvalue weighted by Gasteiger charge is 2.31. The smallest absolute Gasteiger partial charge is 0.348 e. The maximum Gasteiger partial charge on any atom is 0.348 e. The summed E-state index contributed by atoms with van der Waals surface area (Å²) in [7, 11) is 0. The molecule has 0 atom stereocenters. The van der Waals surface area contributed by atoms with Crippen LogP contribution in [0.5, 0.6) is 0 Å². The Bertz CT molecular complexity index is 1180. The first-order valence-electron chi connectivity index (χ1n) is 8.79. The van der Waals surface area contributed by atoms with Gasteiger partial charge in [0, 0.05) is 5.02 Å². The van der Waals surface area contributed by atoms with Crippen LogP contribution < -0.4 is 0 Å². The van der Waals surface area contributed by atoms with Crippen molar-refractivity contribution in [2.45, 2.75) is 0 Å². The van der Waals surface area contributed by atoms with Crippen LogP contribution in [0.25, 0.3) is 22.8 Å². The normalized spacial score (nSPS) is 14.8. The molecule has 1 aliphatic rings. The number of nitriles is 1. The third-order valence-electron chi connectivity index (χ3n) is 4.57. The predicted molar refractivity (Wildman–Crippen MR) is 112 cm³/mol. The number of aliphatic hydroxyl groups excluding tert-OH is 1. The van der Waals surface area contributed by atoms with E-state index in [4.69, 9.17) is 21.6 Å². The van der Waals surface area contributed by atoms with E-state index < -0.39 is 5.97 Å². The zero-order valence-corrected chi connectivity index (χ0v) is 15.9. The molecule has 3 aromatic rings. The van der Waals surface area contributed by atoms with Crippen LogP contribution in [0.3, 0.4) is 0 Å². The average Bonchev–Trinajstić information content (AvgIpc) is 3.02. The lowest BCUT2D eigenvalue weighted by molar-refractivity contribution is -0.131. The summed E-state index contributed by atoms with van der Waals surface area (Å²) in [5.74, 6) is -0.758. The number of nitrogens with zero attached hydrogens (tertiary/aromatic N) is 1. The molecule has 5 heteroatoms. The number of hydrogen-bond acceptors (Lipinski definition) is 4. The zero-order valence-electron chi connectivity index (χ0n) is 15.1. The van der Waals surface area contributed by atoms with E-state index in [2.05, 4.69) is 0 Å². The van der Waals surface area contributed by atoms with Gasteiger partial charge in [-0.05, 0) is 52.6 Å². The van der Waals surface area contributed by atoms with Crippen molar-refractivity contribution in [2.75, 3.05) is 0 Å². The summed E-state index contributed by atoms with van der Waals surface area (Å²) in [4.78, 5) is 12.3. The minimum Gasteiger partial charge on any atom is -0.504 e. The van der Waals surface area contributed by atoms with Gasteiger partial charge in [0.1, 0.15) is 5.57 Å². The van der Waals surface area contributed by atoms with Crippen LogP contribution >= 0.6 is 11.6 Å². The molecule has 0 unspecified atom stereocenters. The van der Waals surface area contributed by atoms with E-state index in [1.165, 1.54) is 0 Å². The predicted octanol–water partition coefficient (Wildman–Crippen LogP) is 5.75. The van der Waals surface area contributed by atoms with Crippen molar-refractivity contribution in [1.29, 1.82) is 5.26 Å². The van der Waals surface area contributed by atoms with Gasteiger partial charge in [-0.1, -0.05) is 60.1 Å². The molecular formula is C24H14ClNO3. The lowest BCUT2D eigenvalue weighted by atomic mass is 10.0. The van der Waals surface area contributed by atoms with Crippen LogP contribution in [-0.4, -0.2) is 11.1 Å². The van der Waals surface area contributed by atoms with E-state index in [1.807, 2.05) is 54.6 Å². The third kappa shape index (κ3) is 3.77. The van der Waals surface area contributed by atoms with E-state index >= 15 is 0 Å². The van der Waals surface area contributed by atoms with Crippen LogP contribution in [0.2, 0.25) is 5.02 Å². The first-order valence-corrected chi connectivity index (χ1v) is 9.17. The van der Waals surface area contributed by atoms with Crippen molar-refractivity contribution < 1.29 is 14.6 Å². The summed E-state index contributed by atoms with van der Waals surface area (Å²) >= 11 is 5.92.